The second-order valence-corrected chi connectivity index (χ2v) is 9.36. The first-order valence-electron chi connectivity index (χ1n) is 11.6. The van der Waals surface area contributed by atoms with Crippen molar-refractivity contribution in [2.75, 3.05) is 13.7 Å². The Bertz CT molecular complexity index is 1480. The molecule has 5 aromatic rings. The molecule has 2 N–H and O–H groups in total. The largest absolute Gasteiger partial charge is 0.497 e. The van der Waals surface area contributed by atoms with Crippen LogP contribution in [0.15, 0.2) is 88.4 Å². The number of carbonyl (C=O) groups is 1. The van der Waals surface area contributed by atoms with E-state index in [1.54, 1.807) is 14.0 Å². The minimum absolute atomic E-state index is 0.0434. The molecule has 0 fully saturated rings. The van der Waals surface area contributed by atoms with Crippen LogP contribution < -0.4 is 10.1 Å². The number of aryl methyl sites for hydroxylation is 1. The summed E-state index contributed by atoms with van der Waals surface area (Å²) in [5.74, 6) is 2.28. The number of ether oxygens (including phenoxy) is 1. The average molecular weight is 499 g/mol. The highest BCUT2D eigenvalue weighted by Gasteiger charge is 2.21. The summed E-state index contributed by atoms with van der Waals surface area (Å²) >= 11 is 1.51. The van der Waals surface area contributed by atoms with Crippen molar-refractivity contribution in [2.24, 2.45) is 0 Å². The number of nitrogens with one attached hydrogen (secondary N) is 2. The number of nitrogens with zero attached hydrogens (tertiary/aromatic N) is 2. The zero-order valence-electron chi connectivity index (χ0n) is 20.0. The van der Waals surface area contributed by atoms with Crippen LogP contribution in [0, 0.1) is 6.92 Å². The van der Waals surface area contributed by atoms with Crippen molar-refractivity contribution in [3.05, 3.63) is 107 Å². The van der Waals surface area contributed by atoms with Crippen molar-refractivity contribution in [1.82, 2.24) is 20.4 Å². The molecule has 182 valence electrons. The molecule has 1 amide bonds. The van der Waals surface area contributed by atoms with E-state index in [0.717, 1.165) is 32.7 Å². The highest BCUT2D eigenvalue weighted by atomic mass is 32.2. The Labute approximate surface area is 213 Å². The lowest BCUT2D eigenvalue weighted by molar-refractivity contribution is 0.0949. The first-order chi connectivity index (χ1) is 17.6. The van der Waals surface area contributed by atoms with Gasteiger partial charge < -0.3 is 19.6 Å². The molecule has 1 atom stereocenters. The Kier molecular flexibility index (Phi) is 7.04. The molecule has 8 heteroatoms. The van der Waals surface area contributed by atoms with Crippen molar-refractivity contribution in [3.63, 3.8) is 0 Å². The van der Waals surface area contributed by atoms with E-state index in [0.29, 0.717) is 29.6 Å². The number of methoxy groups -OCH3 is 1. The number of thioether (sulfide) groups is 1. The molecule has 7 nitrogen and oxygen atoms in total. The lowest BCUT2D eigenvalue weighted by Gasteiger charge is -2.19. The fourth-order valence-corrected chi connectivity index (χ4v) is 5.13. The van der Waals surface area contributed by atoms with E-state index < -0.39 is 0 Å². The Morgan fingerprint density at radius 2 is 1.86 bits per heavy atom. The summed E-state index contributed by atoms with van der Waals surface area (Å²) in [5.41, 5.74) is 3.91. The van der Waals surface area contributed by atoms with Crippen LogP contribution in [0.4, 0.5) is 0 Å². The van der Waals surface area contributed by atoms with E-state index in [-0.39, 0.29) is 11.8 Å². The Morgan fingerprint density at radius 1 is 1.08 bits per heavy atom. The van der Waals surface area contributed by atoms with Gasteiger partial charge in [0.1, 0.15) is 5.75 Å². The summed E-state index contributed by atoms with van der Waals surface area (Å²) in [6.45, 7) is 2.20. The highest BCUT2D eigenvalue weighted by Crippen LogP contribution is 2.32. The van der Waals surface area contributed by atoms with Crippen LogP contribution in [0.1, 0.15) is 39.1 Å². The quantitative estimate of drug-likeness (QED) is 0.253. The topological polar surface area (TPSA) is 93.0 Å². The third-order valence-electron chi connectivity index (χ3n) is 6.04. The van der Waals surface area contributed by atoms with Gasteiger partial charge in [0.2, 0.25) is 5.89 Å². The van der Waals surface area contributed by atoms with Gasteiger partial charge in [0.05, 0.1) is 18.4 Å². The molecule has 0 radical (unpaired) electrons. The van der Waals surface area contributed by atoms with Crippen LogP contribution in [-0.4, -0.2) is 34.7 Å². The van der Waals surface area contributed by atoms with Crippen LogP contribution in [0.3, 0.4) is 0 Å². The number of rotatable bonds is 9. The van der Waals surface area contributed by atoms with Gasteiger partial charge in [-0.2, -0.15) is 4.98 Å². The second kappa shape index (κ2) is 10.7. The van der Waals surface area contributed by atoms with Crippen molar-refractivity contribution in [2.45, 2.75) is 23.5 Å². The number of aromatic amines is 1. The van der Waals surface area contributed by atoms with Gasteiger partial charge in [0.15, 0.2) is 5.82 Å². The Balaban J connectivity index is 1.38. The number of amides is 1. The minimum Gasteiger partial charge on any atom is -0.497 e. The molecule has 36 heavy (non-hydrogen) atoms. The zero-order valence-corrected chi connectivity index (χ0v) is 20.8. The number of hydrogen-bond acceptors (Lipinski definition) is 6. The van der Waals surface area contributed by atoms with Crippen LogP contribution in [-0.2, 0) is 5.75 Å². The van der Waals surface area contributed by atoms with Gasteiger partial charge >= 0.3 is 0 Å². The van der Waals surface area contributed by atoms with Gasteiger partial charge in [-0.05, 0) is 41.5 Å². The standard InChI is InChI=1S/C28H26N4O3S/c1-18-31-27(32-35-18)17-36-26-10-6-4-8-22(26)28(33)30-15-23(19-11-13-20(34-2)14-12-19)24-16-29-25-9-5-3-7-21(24)25/h3-14,16,23,29H,15,17H2,1-2H3,(H,30,33). The normalized spacial score (nSPS) is 11.9. The van der Waals surface area contributed by atoms with Gasteiger partial charge in [0, 0.05) is 41.4 Å². The first-order valence-corrected chi connectivity index (χ1v) is 12.6. The number of fused-ring (bicyclic) bond motifs is 1. The van der Waals surface area contributed by atoms with Crippen LogP contribution in [0.25, 0.3) is 10.9 Å². The zero-order chi connectivity index (χ0) is 24.9. The fourth-order valence-electron chi connectivity index (χ4n) is 4.24. The summed E-state index contributed by atoms with van der Waals surface area (Å²) in [5, 5.41) is 8.26. The molecule has 0 aliphatic heterocycles. The van der Waals surface area contributed by atoms with Crippen molar-refractivity contribution < 1.29 is 14.1 Å². The van der Waals surface area contributed by atoms with E-state index >= 15 is 0 Å². The number of hydrogen-bond donors (Lipinski definition) is 2. The predicted molar refractivity (Wildman–Crippen MR) is 141 cm³/mol. The third kappa shape index (κ3) is 5.13. The van der Waals surface area contributed by atoms with Crippen molar-refractivity contribution >= 4 is 28.6 Å². The molecule has 3 aromatic carbocycles. The molecule has 0 saturated carbocycles. The number of carbonyl (C=O) groups excluding carboxylic acids is 1. The predicted octanol–water partition coefficient (Wildman–Crippen LogP) is 5.72. The van der Waals surface area contributed by atoms with E-state index in [1.165, 1.54) is 11.8 Å². The number of H-pyrrole nitrogens is 1. The molecule has 2 heterocycles. The van der Waals surface area contributed by atoms with Gasteiger partial charge in [-0.1, -0.05) is 47.6 Å². The Morgan fingerprint density at radius 3 is 2.64 bits per heavy atom. The highest BCUT2D eigenvalue weighted by molar-refractivity contribution is 7.98. The van der Waals surface area contributed by atoms with Gasteiger partial charge in [-0.3, -0.25) is 4.79 Å². The number of para-hydroxylation sites is 1. The third-order valence-corrected chi connectivity index (χ3v) is 7.11. The van der Waals surface area contributed by atoms with E-state index in [2.05, 4.69) is 32.6 Å². The first kappa shape index (κ1) is 23.7. The minimum atomic E-state index is -0.124. The molecule has 0 spiro atoms. The van der Waals surface area contributed by atoms with E-state index in [9.17, 15) is 4.79 Å². The summed E-state index contributed by atoms with van der Waals surface area (Å²) in [6.07, 6.45) is 2.03. The molecule has 0 saturated heterocycles. The summed E-state index contributed by atoms with van der Waals surface area (Å²) < 4.78 is 10.4. The monoisotopic (exact) mass is 498 g/mol. The molecule has 5 rings (SSSR count). The Hall–Kier alpha value is -4.04. The molecular formula is C28H26N4O3S. The van der Waals surface area contributed by atoms with E-state index in [1.807, 2.05) is 66.9 Å². The van der Waals surface area contributed by atoms with Gasteiger partial charge in [-0.15, -0.1) is 11.8 Å². The van der Waals surface area contributed by atoms with Crippen LogP contribution >= 0.6 is 11.8 Å². The molecule has 0 bridgehead atoms. The maximum atomic E-state index is 13.3. The van der Waals surface area contributed by atoms with Gasteiger partial charge in [0.25, 0.3) is 5.91 Å². The number of aromatic nitrogens is 3. The van der Waals surface area contributed by atoms with Crippen LogP contribution in [0.5, 0.6) is 5.75 Å². The lowest BCUT2D eigenvalue weighted by atomic mass is 9.90. The summed E-state index contributed by atoms with van der Waals surface area (Å²) in [6, 6.07) is 23.8. The van der Waals surface area contributed by atoms with E-state index in [4.69, 9.17) is 9.26 Å². The molecule has 0 aliphatic rings. The van der Waals surface area contributed by atoms with Crippen LogP contribution in [0.2, 0.25) is 0 Å². The average Bonchev–Trinajstić information content (AvgIpc) is 3.54. The molecular weight excluding hydrogens is 472 g/mol. The van der Waals surface area contributed by atoms with Gasteiger partial charge in [-0.25, -0.2) is 0 Å². The van der Waals surface area contributed by atoms with Crippen molar-refractivity contribution in [1.29, 1.82) is 0 Å². The summed E-state index contributed by atoms with van der Waals surface area (Å²) in [4.78, 5) is 21.8. The molecule has 0 aliphatic carbocycles. The lowest BCUT2D eigenvalue weighted by Crippen LogP contribution is -2.29. The summed E-state index contributed by atoms with van der Waals surface area (Å²) in [7, 11) is 1.65. The second-order valence-electron chi connectivity index (χ2n) is 8.34. The molecule has 2 aromatic heterocycles. The number of benzene rings is 3. The SMILES string of the molecule is COc1ccc(C(CNC(=O)c2ccccc2SCc2noc(C)n2)c2c[nH]c3ccccc23)cc1. The molecule has 1 unspecified atom stereocenters. The maximum absolute atomic E-state index is 13.3. The fraction of sp³-hybridized carbons (Fsp3) is 0.179. The smallest absolute Gasteiger partial charge is 0.252 e. The maximum Gasteiger partial charge on any atom is 0.252 e. The van der Waals surface area contributed by atoms with Crippen molar-refractivity contribution in [3.8, 4) is 5.75 Å².